The number of amides is 2. The second-order valence-electron chi connectivity index (χ2n) is 6.72. The van der Waals surface area contributed by atoms with Gasteiger partial charge in [-0.15, -0.1) is 0 Å². The Balaban J connectivity index is 1.57. The number of hydrogen-bond donors (Lipinski definition) is 2. The Morgan fingerprint density at radius 3 is 2.56 bits per heavy atom. The summed E-state index contributed by atoms with van der Waals surface area (Å²) < 4.78 is 5.36. The number of carbonyl (C=O) groups excluding carboxylic acids is 2. The van der Waals surface area contributed by atoms with Crippen LogP contribution in [-0.4, -0.2) is 38.1 Å². The molecular weight excluding hydrogens is 342 g/mol. The van der Waals surface area contributed by atoms with E-state index in [1.54, 1.807) is 6.07 Å². The summed E-state index contributed by atoms with van der Waals surface area (Å²) in [6.45, 7) is 7.35. The number of aryl methyl sites for hydroxylation is 2. The molecule has 0 atom stereocenters. The topological polar surface area (TPSA) is 70.7 Å². The molecule has 2 aromatic rings. The maximum Gasteiger partial charge on any atom is 0.313 e. The minimum Gasteiger partial charge on any atom is -0.378 e. The van der Waals surface area contributed by atoms with Crippen molar-refractivity contribution in [3.05, 3.63) is 59.2 Å². The van der Waals surface area contributed by atoms with Crippen LogP contribution in [0.25, 0.3) is 0 Å². The zero-order chi connectivity index (χ0) is 19.2. The van der Waals surface area contributed by atoms with Crippen LogP contribution in [-0.2, 0) is 20.9 Å². The lowest BCUT2D eigenvalue weighted by Crippen LogP contribution is -2.36. The highest BCUT2D eigenvalue weighted by Crippen LogP contribution is 2.20. The molecule has 0 bridgehead atoms. The van der Waals surface area contributed by atoms with Gasteiger partial charge in [0.1, 0.15) is 0 Å². The number of nitrogens with zero attached hydrogens (tertiary/aromatic N) is 1. The number of rotatable bonds is 4. The summed E-state index contributed by atoms with van der Waals surface area (Å²) in [6, 6.07) is 13.5. The van der Waals surface area contributed by atoms with E-state index in [-0.39, 0.29) is 0 Å². The standard InChI is InChI=1S/C21H25N3O3/c1-15-6-7-17(16(2)12-15)14-22-20(25)21(26)23-18-4-3-5-19(13-18)24-8-10-27-11-9-24/h3-7,12-13H,8-11,14H2,1-2H3,(H,22,25)(H,23,26). The summed E-state index contributed by atoms with van der Waals surface area (Å²) in [6.07, 6.45) is 0. The number of hydrogen-bond acceptors (Lipinski definition) is 4. The minimum atomic E-state index is -0.668. The number of anilines is 2. The molecule has 6 nitrogen and oxygen atoms in total. The van der Waals surface area contributed by atoms with Gasteiger partial charge in [0, 0.05) is 31.0 Å². The van der Waals surface area contributed by atoms with Crippen molar-refractivity contribution in [3.8, 4) is 0 Å². The van der Waals surface area contributed by atoms with E-state index in [9.17, 15) is 9.59 Å². The zero-order valence-corrected chi connectivity index (χ0v) is 15.7. The van der Waals surface area contributed by atoms with E-state index in [0.29, 0.717) is 25.4 Å². The molecule has 1 saturated heterocycles. The van der Waals surface area contributed by atoms with Gasteiger partial charge in [-0.25, -0.2) is 0 Å². The van der Waals surface area contributed by atoms with Crippen LogP contribution >= 0.6 is 0 Å². The van der Waals surface area contributed by atoms with Crippen LogP contribution in [0.15, 0.2) is 42.5 Å². The van der Waals surface area contributed by atoms with Crippen molar-refractivity contribution in [1.82, 2.24) is 5.32 Å². The number of morpholine rings is 1. The molecule has 0 aliphatic carbocycles. The van der Waals surface area contributed by atoms with Crippen LogP contribution in [0.3, 0.4) is 0 Å². The van der Waals surface area contributed by atoms with Crippen LogP contribution in [0.1, 0.15) is 16.7 Å². The molecule has 1 aliphatic rings. The molecule has 0 saturated carbocycles. The highest BCUT2D eigenvalue weighted by molar-refractivity contribution is 6.39. The highest BCUT2D eigenvalue weighted by Gasteiger charge is 2.15. The minimum absolute atomic E-state index is 0.326. The first-order chi connectivity index (χ1) is 13.0. The van der Waals surface area contributed by atoms with Gasteiger partial charge in [0.2, 0.25) is 0 Å². The van der Waals surface area contributed by atoms with Crippen molar-refractivity contribution >= 4 is 23.2 Å². The largest absolute Gasteiger partial charge is 0.378 e. The third-order valence-corrected chi connectivity index (χ3v) is 4.62. The maximum absolute atomic E-state index is 12.2. The summed E-state index contributed by atoms with van der Waals surface area (Å²) in [5, 5.41) is 5.35. The predicted octanol–water partition coefficient (Wildman–Crippen LogP) is 2.39. The first-order valence-corrected chi connectivity index (χ1v) is 9.11. The SMILES string of the molecule is Cc1ccc(CNC(=O)C(=O)Nc2cccc(N3CCOCC3)c2)c(C)c1. The Bertz CT molecular complexity index is 829. The number of benzene rings is 2. The fourth-order valence-electron chi connectivity index (χ4n) is 3.09. The first kappa shape index (κ1) is 18.9. The molecule has 6 heteroatoms. The van der Waals surface area contributed by atoms with Crippen molar-refractivity contribution in [1.29, 1.82) is 0 Å². The normalized spacial score (nSPS) is 13.9. The van der Waals surface area contributed by atoms with Gasteiger partial charge in [-0.05, 0) is 43.2 Å². The number of ether oxygens (including phenoxy) is 1. The van der Waals surface area contributed by atoms with Gasteiger partial charge >= 0.3 is 11.8 Å². The Morgan fingerprint density at radius 1 is 1.04 bits per heavy atom. The van der Waals surface area contributed by atoms with Crippen LogP contribution in [0.2, 0.25) is 0 Å². The van der Waals surface area contributed by atoms with Crippen LogP contribution in [0.5, 0.6) is 0 Å². The first-order valence-electron chi connectivity index (χ1n) is 9.11. The second-order valence-corrected chi connectivity index (χ2v) is 6.72. The smallest absolute Gasteiger partial charge is 0.313 e. The van der Waals surface area contributed by atoms with Gasteiger partial charge in [0.05, 0.1) is 13.2 Å². The molecule has 2 N–H and O–H groups in total. The molecule has 142 valence electrons. The molecule has 0 aromatic heterocycles. The van der Waals surface area contributed by atoms with E-state index in [1.807, 2.05) is 44.2 Å². The quantitative estimate of drug-likeness (QED) is 0.814. The van der Waals surface area contributed by atoms with Gasteiger partial charge < -0.3 is 20.3 Å². The fourth-order valence-corrected chi connectivity index (χ4v) is 3.09. The molecule has 2 amide bonds. The van der Waals surface area contributed by atoms with Gasteiger partial charge in [0.15, 0.2) is 0 Å². The number of carbonyl (C=O) groups is 2. The highest BCUT2D eigenvalue weighted by atomic mass is 16.5. The lowest BCUT2D eigenvalue weighted by Gasteiger charge is -2.29. The van der Waals surface area contributed by atoms with Crippen molar-refractivity contribution in [2.24, 2.45) is 0 Å². The van der Waals surface area contributed by atoms with E-state index in [2.05, 4.69) is 21.6 Å². The third kappa shape index (κ3) is 5.08. The monoisotopic (exact) mass is 367 g/mol. The average molecular weight is 367 g/mol. The summed E-state index contributed by atoms with van der Waals surface area (Å²) in [5.74, 6) is -1.31. The molecule has 1 fully saturated rings. The van der Waals surface area contributed by atoms with Gasteiger partial charge in [0.25, 0.3) is 0 Å². The summed E-state index contributed by atoms with van der Waals surface area (Å²) >= 11 is 0. The fraction of sp³-hybridized carbons (Fsp3) is 0.333. The molecular formula is C21H25N3O3. The van der Waals surface area contributed by atoms with Gasteiger partial charge in [-0.1, -0.05) is 29.8 Å². The van der Waals surface area contributed by atoms with Crippen LogP contribution in [0.4, 0.5) is 11.4 Å². The van der Waals surface area contributed by atoms with Crippen molar-refractivity contribution in [3.63, 3.8) is 0 Å². The molecule has 0 spiro atoms. The van der Waals surface area contributed by atoms with Gasteiger partial charge in [-0.2, -0.15) is 0 Å². The molecule has 0 radical (unpaired) electrons. The van der Waals surface area contributed by atoms with Crippen molar-refractivity contribution in [2.75, 3.05) is 36.5 Å². The Kier molecular flexibility index (Phi) is 6.08. The zero-order valence-electron chi connectivity index (χ0n) is 15.7. The van der Waals surface area contributed by atoms with Crippen molar-refractivity contribution in [2.45, 2.75) is 20.4 Å². The molecule has 1 aliphatic heterocycles. The van der Waals surface area contributed by atoms with Crippen molar-refractivity contribution < 1.29 is 14.3 Å². The Labute approximate surface area is 159 Å². The Morgan fingerprint density at radius 2 is 1.81 bits per heavy atom. The molecule has 27 heavy (non-hydrogen) atoms. The lowest BCUT2D eigenvalue weighted by molar-refractivity contribution is -0.136. The second kappa shape index (κ2) is 8.68. The molecule has 2 aromatic carbocycles. The Hall–Kier alpha value is -2.86. The van der Waals surface area contributed by atoms with E-state index in [0.717, 1.165) is 29.9 Å². The lowest BCUT2D eigenvalue weighted by atomic mass is 10.1. The van der Waals surface area contributed by atoms with E-state index in [1.165, 1.54) is 5.56 Å². The van der Waals surface area contributed by atoms with Crippen LogP contribution < -0.4 is 15.5 Å². The van der Waals surface area contributed by atoms with Gasteiger partial charge in [-0.3, -0.25) is 9.59 Å². The molecule has 1 heterocycles. The maximum atomic E-state index is 12.2. The molecule has 0 unspecified atom stereocenters. The number of nitrogens with one attached hydrogen (secondary N) is 2. The summed E-state index contributed by atoms with van der Waals surface area (Å²) in [4.78, 5) is 26.5. The van der Waals surface area contributed by atoms with E-state index in [4.69, 9.17) is 4.74 Å². The van der Waals surface area contributed by atoms with E-state index >= 15 is 0 Å². The molecule has 3 rings (SSSR count). The van der Waals surface area contributed by atoms with Crippen LogP contribution in [0, 0.1) is 13.8 Å². The van der Waals surface area contributed by atoms with E-state index < -0.39 is 11.8 Å². The summed E-state index contributed by atoms with van der Waals surface area (Å²) in [7, 11) is 0. The average Bonchev–Trinajstić information content (AvgIpc) is 2.68. The third-order valence-electron chi connectivity index (χ3n) is 4.62. The predicted molar refractivity (Wildman–Crippen MR) is 106 cm³/mol. The summed E-state index contributed by atoms with van der Waals surface area (Å²) in [5.41, 5.74) is 4.86.